The van der Waals surface area contributed by atoms with Crippen LogP contribution in [-0.2, 0) is 21.5 Å². The number of aryl methyl sites for hydroxylation is 1. The number of anilines is 1. The van der Waals surface area contributed by atoms with E-state index in [2.05, 4.69) is 4.98 Å². The van der Waals surface area contributed by atoms with Crippen molar-refractivity contribution in [1.29, 1.82) is 0 Å². The first-order chi connectivity index (χ1) is 6.93. The Kier molecular flexibility index (Phi) is 3.08. The first kappa shape index (κ1) is 11.2. The summed E-state index contributed by atoms with van der Waals surface area (Å²) in [6.45, 7) is 4.33. The Balaban J connectivity index is 3.04. The fourth-order valence-corrected chi connectivity index (χ4v) is 1.08. The van der Waals surface area contributed by atoms with Crippen molar-refractivity contribution >= 4 is 17.7 Å². The molecule has 0 spiro atoms. The van der Waals surface area contributed by atoms with Crippen LogP contribution in [0.2, 0.25) is 0 Å². The van der Waals surface area contributed by atoms with Crippen LogP contribution in [0.3, 0.4) is 0 Å². The number of carbonyl (C=O) groups is 2. The molecule has 1 heterocycles. The second-order valence-corrected chi connectivity index (χ2v) is 3.12. The molecule has 0 aliphatic heterocycles. The maximum absolute atomic E-state index is 11.2. The van der Waals surface area contributed by atoms with E-state index in [1.165, 1.54) is 20.0 Å². The Hall–Kier alpha value is -1.85. The Morgan fingerprint density at radius 3 is 2.40 bits per heavy atom. The first-order valence-electron chi connectivity index (χ1n) is 4.41. The van der Waals surface area contributed by atoms with Crippen LogP contribution in [0.5, 0.6) is 0 Å². The van der Waals surface area contributed by atoms with Crippen LogP contribution >= 0.6 is 0 Å². The molecule has 82 valence electrons. The molecule has 1 aromatic rings. The zero-order valence-corrected chi connectivity index (χ0v) is 9.14. The molecule has 0 bridgehead atoms. The highest BCUT2D eigenvalue weighted by molar-refractivity contribution is 5.90. The Labute approximate surface area is 87.4 Å². The molecule has 0 aromatic carbocycles. The van der Waals surface area contributed by atoms with Gasteiger partial charge in [-0.1, -0.05) is 0 Å². The average molecular weight is 211 g/mol. The molecular weight excluding hydrogens is 198 g/mol. The predicted molar refractivity (Wildman–Crippen MR) is 52.9 cm³/mol. The van der Waals surface area contributed by atoms with Crippen LogP contribution < -0.4 is 5.06 Å². The SMILES string of the molecule is CC(=O)ON(C(C)=O)c1cnc(C)n1C. The molecule has 6 nitrogen and oxygen atoms in total. The summed E-state index contributed by atoms with van der Waals surface area (Å²) in [6.07, 6.45) is 1.47. The van der Waals surface area contributed by atoms with Gasteiger partial charge in [0.15, 0.2) is 5.82 Å². The second-order valence-electron chi connectivity index (χ2n) is 3.12. The number of rotatable bonds is 1. The molecule has 0 atom stereocenters. The smallest absolute Gasteiger partial charge is 0.330 e. The summed E-state index contributed by atoms with van der Waals surface area (Å²) in [4.78, 5) is 30.8. The number of hydrogen-bond donors (Lipinski definition) is 0. The lowest BCUT2D eigenvalue weighted by molar-refractivity contribution is -0.147. The summed E-state index contributed by atoms with van der Waals surface area (Å²) >= 11 is 0. The van der Waals surface area contributed by atoms with Gasteiger partial charge >= 0.3 is 5.97 Å². The fourth-order valence-electron chi connectivity index (χ4n) is 1.08. The number of nitrogens with zero attached hydrogens (tertiary/aromatic N) is 3. The van der Waals surface area contributed by atoms with Crippen molar-refractivity contribution in [2.75, 3.05) is 5.06 Å². The van der Waals surface area contributed by atoms with Crippen LogP contribution in [0.15, 0.2) is 6.20 Å². The van der Waals surface area contributed by atoms with E-state index in [1.807, 2.05) is 0 Å². The van der Waals surface area contributed by atoms with E-state index in [-0.39, 0.29) is 5.91 Å². The number of hydroxylamine groups is 1. The molecule has 0 fully saturated rings. The maximum Gasteiger partial charge on any atom is 0.330 e. The number of amides is 1. The van der Waals surface area contributed by atoms with Crippen molar-refractivity contribution in [2.45, 2.75) is 20.8 Å². The molecule has 6 heteroatoms. The largest absolute Gasteiger partial charge is 0.332 e. The molecule has 0 radical (unpaired) electrons. The zero-order valence-electron chi connectivity index (χ0n) is 9.14. The monoisotopic (exact) mass is 211 g/mol. The van der Waals surface area contributed by atoms with E-state index >= 15 is 0 Å². The van der Waals surface area contributed by atoms with Crippen molar-refractivity contribution in [2.24, 2.45) is 7.05 Å². The molecule has 0 aliphatic carbocycles. The van der Waals surface area contributed by atoms with E-state index in [0.717, 1.165) is 10.9 Å². The first-order valence-corrected chi connectivity index (χ1v) is 4.41. The van der Waals surface area contributed by atoms with Gasteiger partial charge in [0, 0.05) is 20.9 Å². The van der Waals surface area contributed by atoms with E-state index in [0.29, 0.717) is 5.82 Å². The highest BCUT2D eigenvalue weighted by Crippen LogP contribution is 2.15. The predicted octanol–water partition coefficient (Wildman–Crippen LogP) is 0.560. The molecule has 1 aromatic heterocycles. The fraction of sp³-hybridized carbons (Fsp3) is 0.444. The lowest BCUT2D eigenvalue weighted by atomic mass is 10.6. The van der Waals surface area contributed by atoms with Crippen molar-refractivity contribution in [1.82, 2.24) is 9.55 Å². The minimum absolute atomic E-state index is 0.381. The van der Waals surface area contributed by atoms with Crippen molar-refractivity contribution in [3.63, 3.8) is 0 Å². The summed E-state index contributed by atoms with van der Waals surface area (Å²) in [5, 5.41) is 0.919. The highest BCUT2D eigenvalue weighted by Gasteiger charge is 2.19. The summed E-state index contributed by atoms with van der Waals surface area (Å²) in [7, 11) is 1.73. The minimum Gasteiger partial charge on any atom is -0.332 e. The van der Waals surface area contributed by atoms with Crippen LogP contribution in [-0.4, -0.2) is 21.4 Å². The third-order valence-electron chi connectivity index (χ3n) is 1.91. The van der Waals surface area contributed by atoms with Crippen molar-refractivity contribution in [3.8, 4) is 0 Å². The average Bonchev–Trinajstić information content (AvgIpc) is 2.44. The maximum atomic E-state index is 11.2. The second kappa shape index (κ2) is 4.12. The third-order valence-corrected chi connectivity index (χ3v) is 1.91. The van der Waals surface area contributed by atoms with Crippen LogP contribution in [0.4, 0.5) is 5.82 Å². The van der Waals surface area contributed by atoms with E-state index in [9.17, 15) is 9.59 Å². The molecule has 15 heavy (non-hydrogen) atoms. The van der Waals surface area contributed by atoms with Crippen molar-refractivity contribution in [3.05, 3.63) is 12.0 Å². The van der Waals surface area contributed by atoms with Crippen LogP contribution in [0, 0.1) is 6.92 Å². The van der Waals surface area contributed by atoms with Gasteiger partial charge in [0.2, 0.25) is 0 Å². The van der Waals surface area contributed by atoms with E-state index in [1.54, 1.807) is 18.5 Å². The highest BCUT2D eigenvalue weighted by atomic mass is 16.7. The van der Waals surface area contributed by atoms with Gasteiger partial charge in [0.25, 0.3) is 5.91 Å². The van der Waals surface area contributed by atoms with Crippen LogP contribution in [0.25, 0.3) is 0 Å². The topological polar surface area (TPSA) is 64.4 Å². The molecule has 1 rings (SSSR count). The number of aromatic nitrogens is 2. The van der Waals surface area contributed by atoms with Gasteiger partial charge < -0.3 is 9.40 Å². The van der Waals surface area contributed by atoms with E-state index in [4.69, 9.17) is 4.84 Å². The Bertz CT molecular complexity index is 397. The van der Waals surface area contributed by atoms with Gasteiger partial charge in [0.1, 0.15) is 5.82 Å². The standard InChI is InChI=1S/C9H13N3O3/c1-6-10-5-9(11(6)4)12(7(2)13)15-8(3)14/h5H,1-4H3. The summed E-state index contributed by atoms with van der Waals surface area (Å²) in [5.74, 6) is 0.218. The van der Waals surface area contributed by atoms with E-state index < -0.39 is 5.97 Å². The minimum atomic E-state index is -0.552. The Morgan fingerprint density at radius 1 is 1.47 bits per heavy atom. The molecule has 0 N–H and O–H groups in total. The zero-order chi connectivity index (χ0) is 11.6. The number of hydrogen-bond acceptors (Lipinski definition) is 4. The van der Waals surface area contributed by atoms with Gasteiger partial charge in [-0.05, 0) is 6.92 Å². The quantitative estimate of drug-likeness (QED) is 0.637. The molecule has 1 amide bonds. The lowest BCUT2D eigenvalue weighted by Crippen LogP contribution is -2.32. The van der Waals surface area contributed by atoms with Gasteiger partial charge in [0.05, 0.1) is 6.20 Å². The lowest BCUT2D eigenvalue weighted by Gasteiger charge is -2.18. The number of carbonyl (C=O) groups excluding carboxylic acids is 2. The summed E-state index contributed by atoms with van der Waals surface area (Å²) in [5.41, 5.74) is 0. The summed E-state index contributed by atoms with van der Waals surface area (Å²) in [6, 6.07) is 0. The summed E-state index contributed by atoms with van der Waals surface area (Å²) < 4.78 is 1.66. The van der Waals surface area contributed by atoms with Gasteiger partial charge in [-0.3, -0.25) is 4.79 Å². The van der Waals surface area contributed by atoms with Gasteiger partial charge in [-0.2, -0.15) is 0 Å². The number of imidazole rings is 1. The third kappa shape index (κ3) is 2.34. The molecule has 0 saturated heterocycles. The van der Waals surface area contributed by atoms with Gasteiger partial charge in [-0.25, -0.2) is 9.78 Å². The Morgan fingerprint density at radius 2 is 2.07 bits per heavy atom. The van der Waals surface area contributed by atoms with Gasteiger partial charge in [-0.15, -0.1) is 5.06 Å². The molecule has 0 saturated carbocycles. The normalized spacial score (nSPS) is 9.87. The van der Waals surface area contributed by atoms with Crippen molar-refractivity contribution < 1.29 is 14.4 Å². The molecule has 0 unspecified atom stereocenters. The molecule has 0 aliphatic rings. The molecular formula is C9H13N3O3. The van der Waals surface area contributed by atoms with Crippen LogP contribution in [0.1, 0.15) is 19.7 Å².